The van der Waals surface area contributed by atoms with Crippen LogP contribution < -0.4 is 10.6 Å². The number of nitrogens with zero attached hydrogens (tertiary/aromatic N) is 2. The summed E-state index contributed by atoms with van der Waals surface area (Å²) in [5, 5.41) is 0. The van der Waals surface area contributed by atoms with Crippen LogP contribution in [0.15, 0.2) is 24.3 Å². The average Bonchev–Trinajstić information content (AvgIpc) is 2.59. The van der Waals surface area contributed by atoms with Crippen LogP contribution in [0.4, 0.5) is 23.2 Å². The minimum Gasteiger partial charge on any atom is -0.371 e. The first-order chi connectivity index (χ1) is 12.7. The predicted octanol–water partition coefficient (Wildman–Crippen LogP) is 4.74. The van der Waals surface area contributed by atoms with Crippen LogP contribution >= 0.6 is 0 Å². The molecule has 7 heteroatoms. The second-order valence-electron chi connectivity index (χ2n) is 7.13. The number of aryl methyl sites for hydroxylation is 2. The Labute approximate surface area is 156 Å². The van der Waals surface area contributed by atoms with Gasteiger partial charge in [0.25, 0.3) is 0 Å². The first-order valence-corrected chi connectivity index (χ1v) is 8.99. The number of piperidine rings is 1. The van der Waals surface area contributed by atoms with Gasteiger partial charge < -0.3 is 10.6 Å². The number of benzene rings is 1. The lowest BCUT2D eigenvalue weighted by Crippen LogP contribution is -2.41. The predicted molar refractivity (Wildman–Crippen MR) is 98.0 cm³/mol. The van der Waals surface area contributed by atoms with Crippen molar-refractivity contribution < 1.29 is 17.6 Å². The molecule has 1 fully saturated rings. The maximum absolute atomic E-state index is 15.0. The molecular formula is C20H23F4N3. The molecule has 3 nitrogen and oxygen atoms in total. The van der Waals surface area contributed by atoms with Gasteiger partial charge in [-0.3, -0.25) is 4.98 Å². The van der Waals surface area contributed by atoms with E-state index < -0.39 is 17.9 Å². The van der Waals surface area contributed by atoms with E-state index in [0.717, 1.165) is 11.4 Å². The maximum atomic E-state index is 15.0. The van der Waals surface area contributed by atoms with E-state index in [1.54, 1.807) is 23.1 Å². The van der Waals surface area contributed by atoms with E-state index in [0.29, 0.717) is 35.3 Å². The SMILES string of the molecule is Cc1cc(-c2c(F)cc(N3CCCC(C(F)(F)F)C3)cc2CN)cc(C)n1. The summed E-state index contributed by atoms with van der Waals surface area (Å²) in [5.74, 6) is -1.87. The van der Waals surface area contributed by atoms with E-state index in [1.807, 2.05) is 13.8 Å². The van der Waals surface area contributed by atoms with Crippen LogP contribution in [-0.4, -0.2) is 24.2 Å². The topological polar surface area (TPSA) is 42.1 Å². The number of pyridine rings is 1. The summed E-state index contributed by atoms with van der Waals surface area (Å²) < 4.78 is 54.3. The van der Waals surface area contributed by atoms with E-state index >= 15 is 4.39 Å². The lowest BCUT2D eigenvalue weighted by Gasteiger charge is -2.35. The van der Waals surface area contributed by atoms with Crippen molar-refractivity contribution in [1.29, 1.82) is 0 Å². The fourth-order valence-electron chi connectivity index (χ4n) is 3.77. The Balaban J connectivity index is 1.99. The molecule has 1 aromatic heterocycles. The van der Waals surface area contributed by atoms with Crippen molar-refractivity contribution >= 4 is 5.69 Å². The number of rotatable bonds is 3. The van der Waals surface area contributed by atoms with Crippen LogP contribution in [0.5, 0.6) is 0 Å². The van der Waals surface area contributed by atoms with Crippen LogP contribution in [0.25, 0.3) is 11.1 Å². The first-order valence-electron chi connectivity index (χ1n) is 8.99. The molecule has 27 heavy (non-hydrogen) atoms. The summed E-state index contributed by atoms with van der Waals surface area (Å²) in [6.07, 6.45) is -3.70. The van der Waals surface area contributed by atoms with Crippen LogP contribution in [0.1, 0.15) is 29.8 Å². The fourth-order valence-corrected chi connectivity index (χ4v) is 3.77. The zero-order chi connectivity index (χ0) is 19.8. The fraction of sp³-hybridized carbons (Fsp3) is 0.450. The molecule has 1 aliphatic rings. The number of anilines is 1. The zero-order valence-corrected chi connectivity index (χ0v) is 15.4. The molecule has 1 atom stereocenters. The number of hydrogen-bond donors (Lipinski definition) is 1. The van der Waals surface area contributed by atoms with Gasteiger partial charge in [-0.15, -0.1) is 0 Å². The van der Waals surface area contributed by atoms with E-state index in [-0.39, 0.29) is 19.5 Å². The van der Waals surface area contributed by atoms with Crippen molar-refractivity contribution in [2.45, 2.75) is 39.4 Å². The number of hydrogen-bond acceptors (Lipinski definition) is 3. The summed E-state index contributed by atoms with van der Waals surface area (Å²) >= 11 is 0. The number of halogens is 4. The van der Waals surface area contributed by atoms with Crippen molar-refractivity contribution in [3.63, 3.8) is 0 Å². The van der Waals surface area contributed by atoms with Gasteiger partial charge in [-0.1, -0.05) is 0 Å². The van der Waals surface area contributed by atoms with Gasteiger partial charge in [-0.2, -0.15) is 13.2 Å². The van der Waals surface area contributed by atoms with Gasteiger partial charge in [0.15, 0.2) is 0 Å². The Morgan fingerprint density at radius 2 is 1.81 bits per heavy atom. The van der Waals surface area contributed by atoms with E-state index in [2.05, 4.69) is 4.98 Å². The molecule has 2 heterocycles. The van der Waals surface area contributed by atoms with Crippen molar-refractivity contribution in [3.8, 4) is 11.1 Å². The summed E-state index contributed by atoms with van der Waals surface area (Å²) in [6.45, 7) is 4.07. The van der Waals surface area contributed by atoms with Crippen molar-refractivity contribution in [2.75, 3.05) is 18.0 Å². The molecule has 2 N–H and O–H groups in total. The third kappa shape index (κ3) is 4.24. The molecule has 1 aromatic carbocycles. The van der Waals surface area contributed by atoms with Gasteiger partial charge in [0.05, 0.1) is 5.92 Å². The van der Waals surface area contributed by atoms with E-state index in [9.17, 15) is 13.2 Å². The number of alkyl halides is 3. The molecule has 1 unspecified atom stereocenters. The molecule has 0 spiro atoms. The molecule has 0 bridgehead atoms. The van der Waals surface area contributed by atoms with Gasteiger partial charge in [-0.25, -0.2) is 4.39 Å². The van der Waals surface area contributed by atoms with Gasteiger partial charge in [0, 0.05) is 42.3 Å². The Hall–Kier alpha value is -2.15. The van der Waals surface area contributed by atoms with Gasteiger partial charge in [0.1, 0.15) is 5.82 Å². The number of aromatic nitrogens is 1. The third-order valence-corrected chi connectivity index (χ3v) is 5.00. The highest BCUT2D eigenvalue weighted by Crippen LogP contribution is 2.37. The smallest absolute Gasteiger partial charge is 0.371 e. The second-order valence-corrected chi connectivity index (χ2v) is 7.13. The highest BCUT2D eigenvalue weighted by Gasteiger charge is 2.42. The molecule has 146 valence electrons. The maximum Gasteiger partial charge on any atom is 0.393 e. The highest BCUT2D eigenvalue weighted by atomic mass is 19.4. The van der Waals surface area contributed by atoms with Gasteiger partial charge >= 0.3 is 6.18 Å². The summed E-state index contributed by atoms with van der Waals surface area (Å²) in [6, 6.07) is 6.59. The molecular weight excluding hydrogens is 358 g/mol. The van der Waals surface area contributed by atoms with Crippen molar-refractivity contribution in [2.24, 2.45) is 11.7 Å². The normalized spacial score (nSPS) is 18.0. The average molecular weight is 381 g/mol. The van der Waals surface area contributed by atoms with Crippen LogP contribution in [0.3, 0.4) is 0 Å². The quantitative estimate of drug-likeness (QED) is 0.781. The van der Waals surface area contributed by atoms with Gasteiger partial charge in [-0.05, 0) is 62.1 Å². The molecule has 0 amide bonds. The van der Waals surface area contributed by atoms with Crippen molar-refractivity contribution in [1.82, 2.24) is 4.98 Å². The molecule has 1 aliphatic heterocycles. The summed E-state index contributed by atoms with van der Waals surface area (Å²) in [5.41, 5.74) is 9.47. The van der Waals surface area contributed by atoms with E-state index in [4.69, 9.17) is 5.73 Å². The molecule has 0 aliphatic carbocycles. The lowest BCUT2D eigenvalue weighted by atomic mass is 9.94. The molecule has 3 rings (SSSR count). The molecule has 2 aromatic rings. The largest absolute Gasteiger partial charge is 0.393 e. The Bertz CT molecular complexity index is 812. The molecule has 0 radical (unpaired) electrons. The standard InChI is InChI=1S/C20H23F4N3/c1-12-6-14(7-13(2)26-12)19-15(10-25)8-17(9-18(19)21)27-5-3-4-16(11-27)20(22,23)24/h6-9,16H,3-5,10-11,25H2,1-2H3. The minimum absolute atomic E-state index is 0.0943. The third-order valence-electron chi connectivity index (χ3n) is 5.00. The monoisotopic (exact) mass is 381 g/mol. The lowest BCUT2D eigenvalue weighted by molar-refractivity contribution is -0.175. The minimum atomic E-state index is -4.24. The molecule has 0 saturated carbocycles. The summed E-state index contributed by atoms with van der Waals surface area (Å²) in [4.78, 5) is 5.91. The van der Waals surface area contributed by atoms with Crippen LogP contribution in [0, 0.1) is 25.6 Å². The first kappa shape index (κ1) is 19.6. The number of nitrogens with two attached hydrogens (primary N) is 1. The van der Waals surface area contributed by atoms with E-state index in [1.165, 1.54) is 6.07 Å². The van der Waals surface area contributed by atoms with Crippen molar-refractivity contribution in [3.05, 3.63) is 47.0 Å². The van der Waals surface area contributed by atoms with Gasteiger partial charge in [0.2, 0.25) is 0 Å². The summed E-state index contributed by atoms with van der Waals surface area (Å²) in [7, 11) is 0. The molecule has 1 saturated heterocycles. The highest BCUT2D eigenvalue weighted by molar-refractivity contribution is 5.72. The van der Waals surface area contributed by atoms with Crippen LogP contribution in [-0.2, 0) is 6.54 Å². The second kappa shape index (κ2) is 7.46. The Kier molecular flexibility index (Phi) is 5.42. The zero-order valence-electron chi connectivity index (χ0n) is 15.4. The Morgan fingerprint density at radius 1 is 1.15 bits per heavy atom. The van der Waals surface area contributed by atoms with Crippen LogP contribution in [0.2, 0.25) is 0 Å². The Morgan fingerprint density at radius 3 is 2.41 bits per heavy atom.